The molecule has 1 N–H and O–H groups in total. The molecule has 1 amide bonds. The molecular formula is C20H22FN5O. The molecule has 0 saturated carbocycles. The molecule has 2 aromatic heterocycles. The minimum atomic E-state index is -0.408. The molecule has 0 fully saturated rings. The number of benzene rings is 1. The molecule has 0 aliphatic carbocycles. The Morgan fingerprint density at radius 1 is 1.15 bits per heavy atom. The smallest absolute Gasteiger partial charge is 0.224 e. The summed E-state index contributed by atoms with van der Waals surface area (Å²) in [5.41, 5.74) is 2.82. The molecule has 3 aromatic rings. The number of carbonyl (C=O) groups excluding carboxylic acids is 1. The van der Waals surface area contributed by atoms with Crippen LogP contribution in [0, 0.1) is 5.82 Å². The first-order valence-corrected chi connectivity index (χ1v) is 8.96. The molecule has 0 radical (unpaired) electrons. The molecular weight excluding hydrogens is 345 g/mol. The van der Waals surface area contributed by atoms with Gasteiger partial charge in [-0.25, -0.2) is 14.4 Å². The molecule has 3 rings (SSSR count). The quantitative estimate of drug-likeness (QED) is 0.697. The zero-order chi connectivity index (χ0) is 19.2. The van der Waals surface area contributed by atoms with E-state index in [0.29, 0.717) is 29.9 Å². The van der Waals surface area contributed by atoms with Gasteiger partial charge in [-0.15, -0.1) is 0 Å². The third kappa shape index (κ3) is 4.75. The Balaban J connectivity index is 1.71. The zero-order valence-corrected chi connectivity index (χ0v) is 15.4. The molecule has 0 bridgehead atoms. The normalized spacial score (nSPS) is 10.8. The third-order valence-corrected chi connectivity index (χ3v) is 4.19. The second-order valence-electron chi connectivity index (χ2n) is 6.21. The molecule has 0 atom stereocenters. The van der Waals surface area contributed by atoms with E-state index in [2.05, 4.69) is 20.4 Å². The fourth-order valence-corrected chi connectivity index (χ4v) is 2.75. The summed E-state index contributed by atoms with van der Waals surface area (Å²) >= 11 is 0. The van der Waals surface area contributed by atoms with Crippen LogP contribution in [0.1, 0.15) is 30.8 Å². The molecule has 1 aromatic carbocycles. The monoisotopic (exact) mass is 367 g/mol. The highest BCUT2D eigenvalue weighted by molar-refractivity contribution is 5.78. The number of nitrogens with one attached hydrogen (secondary N) is 1. The van der Waals surface area contributed by atoms with Crippen molar-refractivity contribution < 1.29 is 9.18 Å². The highest BCUT2D eigenvalue weighted by atomic mass is 19.1. The molecule has 0 aliphatic rings. The predicted octanol–water partition coefficient (Wildman–Crippen LogP) is 2.77. The van der Waals surface area contributed by atoms with E-state index in [1.165, 1.54) is 6.07 Å². The maximum absolute atomic E-state index is 14.3. The second kappa shape index (κ2) is 8.53. The Labute approximate surface area is 157 Å². The first-order valence-electron chi connectivity index (χ1n) is 8.96. The van der Waals surface area contributed by atoms with Crippen molar-refractivity contribution in [3.63, 3.8) is 0 Å². The van der Waals surface area contributed by atoms with E-state index >= 15 is 0 Å². The number of rotatable bonds is 7. The van der Waals surface area contributed by atoms with E-state index in [0.717, 1.165) is 17.7 Å². The van der Waals surface area contributed by atoms with E-state index in [1.807, 2.05) is 30.9 Å². The molecule has 27 heavy (non-hydrogen) atoms. The summed E-state index contributed by atoms with van der Waals surface area (Å²) in [5.74, 6) is 0.0840. The largest absolute Gasteiger partial charge is 0.356 e. The van der Waals surface area contributed by atoms with Gasteiger partial charge >= 0.3 is 0 Å². The average Bonchev–Trinajstić information content (AvgIpc) is 3.12. The highest BCUT2D eigenvalue weighted by Crippen LogP contribution is 2.21. The molecule has 0 unspecified atom stereocenters. The molecule has 0 aliphatic heterocycles. The fraction of sp³-hybridized carbons (Fsp3) is 0.300. The Hall–Kier alpha value is -3.09. The lowest BCUT2D eigenvalue weighted by Crippen LogP contribution is -2.24. The van der Waals surface area contributed by atoms with E-state index in [-0.39, 0.29) is 12.3 Å². The number of carbonyl (C=O) groups is 1. The maximum atomic E-state index is 14.3. The fourth-order valence-electron chi connectivity index (χ4n) is 2.75. The van der Waals surface area contributed by atoms with Crippen LogP contribution in [0.5, 0.6) is 0 Å². The van der Waals surface area contributed by atoms with Crippen molar-refractivity contribution in [1.29, 1.82) is 0 Å². The van der Waals surface area contributed by atoms with E-state index in [4.69, 9.17) is 0 Å². The molecule has 2 heterocycles. The molecule has 6 nitrogen and oxygen atoms in total. The van der Waals surface area contributed by atoms with Crippen molar-refractivity contribution in [3.8, 4) is 11.1 Å². The van der Waals surface area contributed by atoms with Gasteiger partial charge in [0.15, 0.2) is 0 Å². The Bertz CT molecular complexity index is 920. The van der Waals surface area contributed by atoms with Crippen molar-refractivity contribution >= 4 is 5.91 Å². The number of nitrogens with zero attached hydrogens (tertiary/aromatic N) is 4. The van der Waals surface area contributed by atoms with Gasteiger partial charge in [0.25, 0.3) is 0 Å². The van der Waals surface area contributed by atoms with Gasteiger partial charge in [-0.05, 0) is 36.6 Å². The number of hydrogen-bond acceptors (Lipinski definition) is 4. The summed E-state index contributed by atoms with van der Waals surface area (Å²) in [5, 5.41) is 6.90. The van der Waals surface area contributed by atoms with Crippen molar-refractivity contribution in [1.82, 2.24) is 25.1 Å². The van der Waals surface area contributed by atoms with Gasteiger partial charge in [-0.1, -0.05) is 12.1 Å². The van der Waals surface area contributed by atoms with Crippen LogP contribution in [-0.4, -0.2) is 32.2 Å². The van der Waals surface area contributed by atoms with Crippen LogP contribution in [-0.2, 0) is 24.2 Å². The first kappa shape index (κ1) is 18.7. The number of halogens is 1. The highest BCUT2D eigenvalue weighted by Gasteiger charge is 2.10. The standard InChI is InChI=1S/C20H22FN5O/c1-3-22-20(27)9-16-6-5-15(8-18(16)21)17-11-23-19(24-12-17)7-14-10-25-26(4-2)13-14/h5-6,8,10-13H,3-4,7,9H2,1-2H3,(H,22,27). The van der Waals surface area contributed by atoms with Gasteiger partial charge in [-0.2, -0.15) is 5.10 Å². The Kier molecular flexibility index (Phi) is 5.90. The maximum Gasteiger partial charge on any atom is 0.224 e. The Morgan fingerprint density at radius 3 is 2.56 bits per heavy atom. The summed E-state index contributed by atoms with van der Waals surface area (Å²) < 4.78 is 16.2. The van der Waals surface area contributed by atoms with Gasteiger partial charge in [0.2, 0.25) is 5.91 Å². The van der Waals surface area contributed by atoms with Crippen molar-refractivity contribution in [2.24, 2.45) is 0 Å². The average molecular weight is 367 g/mol. The SMILES string of the molecule is CCNC(=O)Cc1ccc(-c2cnc(Cc3cnn(CC)c3)nc2)cc1F. The number of likely N-dealkylation sites (N-methyl/N-ethyl adjacent to an activating group) is 1. The topological polar surface area (TPSA) is 72.7 Å². The van der Waals surface area contributed by atoms with Crippen molar-refractivity contribution in [2.75, 3.05) is 6.54 Å². The number of aryl methyl sites for hydroxylation is 1. The van der Waals surface area contributed by atoms with Crippen LogP contribution in [0.4, 0.5) is 4.39 Å². The third-order valence-electron chi connectivity index (χ3n) is 4.19. The van der Waals surface area contributed by atoms with Crippen LogP contribution < -0.4 is 5.32 Å². The first-order chi connectivity index (χ1) is 13.1. The van der Waals surface area contributed by atoms with Gasteiger partial charge in [0.1, 0.15) is 11.6 Å². The molecule has 0 saturated heterocycles. The lowest BCUT2D eigenvalue weighted by Gasteiger charge is -2.07. The minimum Gasteiger partial charge on any atom is -0.356 e. The lowest BCUT2D eigenvalue weighted by molar-refractivity contribution is -0.120. The minimum absolute atomic E-state index is 0.0286. The zero-order valence-electron chi connectivity index (χ0n) is 15.4. The number of amides is 1. The number of hydrogen-bond donors (Lipinski definition) is 1. The van der Waals surface area contributed by atoms with E-state index in [1.54, 1.807) is 24.5 Å². The van der Waals surface area contributed by atoms with Gasteiger partial charge < -0.3 is 5.32 Å². The van der Waals surface area contributed by atoms with Gasteiger partial charge in [0, 0.05) is 43.7 Å². The molecule has 140 valence electrons. The summed E-state index contributed by atoms with van der Waals surface area (Å²) in [6.45, 7) is 5.21. The summed E-state index contributed by atoms with van der Waals surface area (Å²) in [4.78, 5) is 20.4. The van der Waals surface area contributed by atoms with E-state index < -0.39 is 5.82 Å². The summed E-state index contributed by atoms with van der Waals surface area (Å²) in [6, 6.07) is 4.83. The van der Waals surface area contributed by atoms with Crippen LogP contribution >= 0.6 is 0 Å². The van der Waals surface area contributed by atoms with Crippen molar-refractivity contribution in [2.45, 2.75) is 33.2 Å². The Morgan fingerprint density at radius 2 is 1.93 bits per heavy atom. The number of aromatic nitrogens is 4. The van der Waals surface area contributed by atoms with E-state index in [9.17, 15) is 9.18 Å². The second-order valence-corrected chi connectivity index (χ2v) is 6.21. The van der Waals surface area contributed by atoms with Crippen LogP contribution in [0.25, 0.3) is 11.1 Å². The molecule has 0 spiro atoms. The predicted molar refractivity (Wildman–Crippen MR) is 101 cm³/mol. The van der Waals surface area contributed by atoms with Gasteiger partial charge in [0.05, 0.1) is 12.6 Å². The van der Waals surface area contributed by atoms with Crippen molar-refractivity contribution in [3.05, 3.63) is 65.8 Å². The van der Waals surface area contributed by atoms with Crippen LogP contribution in [0.3, 0.4) is 0 Å². The van der Waals surface area contributed by atoms with Crippen LogP contribution in [0.2, 0.25) is 0 Å². The lowest BCUT2D eigenvalue weighted by atomic mass is 10.0. The molecule has 7 heteroatoms. The summed E-state index contributed by atoms with van der Waals surface area (Å²) in [6.07, 6.45) is 7.78. The van der Waals surface area contributed by atoms with Gasteiger partial charge in [-0.3, -0.25) is 9.48 Å². The van der Waals surface area contributed by atoms with Crippen LogP contribution in [0.15, 0.2) is 43.0 Å². The summed E-state index contributed by atoms with van der Waals surface area (Å²) in [7, 11) is 0.